The van der Waals surface area contributed by atoms with Gasteiger partial charge in [0.2, 0.25) is 0 Å². The largest absolute Gasteiger partial charge is 0.391 e. The zero-order chi connectivity index (χ0) is 14.0. The van der Waals surface area contributed by atoms with Gasteiger partial charge in [-0.3, -0.25) is 4.90 Å². The van der Waals surface area contributed by atoms with Crippen molar-refractivity contribution in [3.05, 3.63) is 22.7 Å². The van der Waals surface area contributed by atoms with Crippen LogP contribution in [0.25, 0.3) is 0 Å². The Balaban J connectivity index is 1.92. The average Bonchev–Trinajstić information content (AvgIpc) is 2.26. The Kier molecular flexibility index (Phi) is 4.30. The molecule has 1 aromatic rings. The molecule has 106 valence electrons. The Morgan fingerprint density at radius 3 is 2.47 bits per heavy atom. The summed E-state index contributed by atoms with van der Waals surface area (Å²) >= 11 is 5.83. The predicted octanol–water partition coefficient (Wildman–Crippen LogP) is 3.21. The lowest BCUT2D eigenvalue weighted by molar-refractivity contribution is -0.185. The second-order valence-electron chi connectivity index (χ2n) is 4.84. The molecule has 0 spiro atoms. The topological polar surface area (TPSA) is 29.0 Å². The summed E-state index contributed by atoms with van der Waals surface area (Å²) in [6.45, 7) is 3.09. The van der Waals surface area contributed by atoms with Gasteiger partial charge < -0.3 is 0 Å². The molecule has 1 aliphatic heterocycles. The third-order valence-electron chi connectivity index (χ3n) is 3.28. The summed E-state index contributed by atoms with van der Waals surface area (Å²) in [6.07, 6.45) is -3.79. The molecular weight excluding hydrogens is 279 g/mol. The molecule has 19 heavy (non-hydrogen) atoms. The first-order chi connectivity index (χ1) is 8.84. The number of halogens is 4. The van der Waals surface area contributed by atoms with Gasteiger partial charge >= 0.3 is 6.18 Å². The molecule has 0 aromatic carbocycles. The molecule has 0 saturated carbocycles. The molecule has 1 aliphatic rings. The number of aryl methyl sites for hydroxylation is 1. The van der Waals surface area contributed by atoms with Gasteiger partial charge in [0, 0.05) is 5.69 Å². The summed E-state index contributed by atoms with van der Waals surface area (Å²) in [4.78, 5) is 10.3. The maximum Gasteiger partial charge on any atom is 0.391 e. The zero-order valence-electron chi connectivity index (χ0n) is 10.5. The predicted molar refractivity (Wildman–Crippen MR) is 65.8 cm³/mol. The maximum absolute atomic E-state index is 12.5. The van der Waals surface area contributed by atoms with Crippen LogP contribution in [-0.2, 0) is 6.54 Å². The maximum atomic E-state index is 12.5. The molecule has 3 nitrogen and oxygen atoms in total. The van der Waals surface area contributed by atoms with Crippen LogP contribution in [0.4, 0.5) is 13.2 Å². The number of nitrogens with zero attached hydrogens (tertiary/aromatic N) is 3. The molecule has 7 heteroatoms. The van der Waals surface area contributed by atoms with Crippen LogP contribution >= 0.6 is 11.6 Å². The molecular formula is C12H15ClF3N3. The fourth-order valence-corrected chi connectivity index (χ4v) is 2.53. The first kappa shape index (κ1) is 14.5. The number of hydrogen-bond donors (Lipinski definition) is 0. The van der Waals surface area contributed by atoms with Crippen LogP contribution in [0.15, 0.2) is 6.07 Å². The third kappa shape index (κ3) is 4.04. The van der Waals surface area contributed by atoms with Gasteiger partial charge in [-0.25, -0.2) is 9.97 Å². The van der Waals surface area contributed by atoms with Crippen LogP contribution in [0.5, 0.6) is 0 Å². The lowest BCUT2D eigenvalue weighted by Gasteiger charge is -2.32. The Morgan fingerprint density at radius 1 is 1.32 bits per heavy atom. The minimum Gasteiger partial charge on any atom is -0.296 e. The Bertz CT molecular complexity index is 422. The van der Waals surface area contributed by atoms with E-state index in [9.17, 15) is 13.2 Å². The van der Waals surface area contributed by atoms with Crippen molar-refractivity contribution < 1.29 is 13.2 Å². The van der Waals surface area contributed by atoms with Crippen molar-refractivity contribution in [2.24, 2.45) is 5.92 Å². The van der Waals surface area contributed by atoms with Crippen LogP contribution in [-0.4, -0.2) is 34.1 Å². The SMILES string of the molecule is Cc1cc(Cl)nc(CN2CCC(C(F)(F)F)CC2)n1. The van der Waals surface area contributed by atoms with Crippen molar-refractivity contribution in [2.75, 3.05) is 13.1 Å². The quantitative estimate of drug-likeness (QED) is 0.784. The zero-order valence-corrected chi connectivity index (χ0v) is 11.3. The van der Waals surface area contributed by atoms with E-state index >= 15 is 0 Å². The summed E-state index contributed by atoms with van der Waals surface area (Å²) in [5.41, 5.74) is 0.764. The fraction of sp³-hybridized carbons (Fsp3) is 0.667. The van der Waals surface area contributed by atoms with Crippen molar-refractivity contribution in [3.63, 3.8) is 0 Å². The van der Waals surface area contributed by atoms with Gasteiger partial charge in [0.05, 0.1) is 12.5 Å². The molecule has 0 aliphatic carbocycles. The molecule has 1 aromatic heterocycles. The average molecular weight is 294 g/mol. The van der Waals surface area contributed by atoms with E-state index in [0.29, 0.717) is 30.6 Å². The standard InChI is InChI=1S/C12H15ClF3N3/c1-8-6-10(13)18-11(17-8)7-19-4-2-9(3-5-19)12(14,15)16/h6,9H,2-5,7H2,1H3. The van der Waals surface area contributed by atoms with Gasteiger partial charge in [0.1, 0.15) is 11.0 Å². The number of likely N-dealkylation sites (tertiary alicyclic amines) is 1. The Morgan fingerprint density at radius 2 is 1.95 bits per heavy atom. The highest BCUT2D eigenvalue weighted by Crippen LogP contribution is 2.34. The van der Waals surface area contributed by atoms with Crippen LogP contribution < -0.4 is 0 Å². The van der Waals surface area contributed by atoms with Crippen molar-refractivity contribution >= 4 is 11.6 Å². The van der Waals surface area contributed by atoms with Crippen LogP contribution in [0, 0.1) is 12.8 Å². The highest BCUT2D eigenvalue weighted by atomic mass is 35.5. The number of aromatic nitrogens is 2. The summed E-state index contributed by atoms with van der Waals surface area (Å²) in [5, 5.41) is 0.368. The molecule has 0 N–H and O–H groups in total. The van der Waals surface area contributed by atoms with E-state index in [1.54, 1.807) is 6.07 Å². The summed E-state index contributed by atoms with van der Waals surface area (Å²) in [5.74, 6) is -0.610. The normalized spacial score (nSPS) is 18.8. The minimum absolute atomic E-state index is 0.142. The molecule has 0 bridgehead atoms. The van der Waals surface area contributed by atoms with Crippen molar-refractivity contribution in [1.29, 1.82) is 0 Å². The smallest absolute Gasteiger partial charge is 0.296 e. The third-order valence-corrected chi connectivity index (χ3v) is 3.48. The van der Waals surface area contributed by atoms with Gasteiger partial charge in [0.25, 0.3) is 0 Å². The summed E-state index contributed by atoms with van der Waals surface area (Å²) in [6, 6.07) is 1.65. The van der Waals surface area contributed by atoms with Crippen LogP contribution in [0.3, 0.4) is 0 Å². The van der Waals surface area contributed by atoms with E-state index in [-0.39, 0.29) is 12.8 Å². The van der Waals surface area contributed by atoms with Gasteiger partial charge in [-0.15, -0.1) is 0 Å². The highest BCUT2D eigenvalue weighted by molar-refractivity contribution is 6.29. The summed E-state index contributed by atoms with van der Waals surface area (Å²) in [7, 11) is 0. The van der Waals surface area contributed by atoms with Gasteiger partial charge in [-0.05, 0) is 38.9 Å². The van der Waals surface area contributed by atoms with Crippen molar-refractivity contribution in [1.82, 2.24) is 14.9 Å². The fourth-order valence-electron chi connectivity index (χ4n) is 2.28. The lowest BCUT2D eigenvalue weighted by atomic mass is 9.96. The lowest BCUT2D eigenvalue weighted by Crippen LogP contribution is -2.38. The Hall–Kier alpha value is -0.880. The van der Waals surface area contributed by atoms with Crippen molar-refractivity contribution in [2.45, 2.75) is 32.5 Å². The second-order valence-corrected chi connectivity index (χ2v) is 5.23. The molecule has 0 unspecified atom stereocenters. The molecule has 1 fully saturated rings. The van der Waals surface area contributed by atoms with E-state index in [4.69, 9.17) is 11.6 Å². The van der Waals surface area contributed by atoms with E-state index in [1.807, 2.05) is 11.8 Å². The monoisotopic (exact) mass is 293 g/mol. The van der Waals surface area contributed by atoms with Crippen molar-refractivity contribution in [3.8, 4) is 0 Å². The Labute approximate surface area is 114 Å². The first-order valence-corrected chi connectivity index (χ1v) is 6.51. The molecule has 0 amide bonds. The summed E-state index contributed by atoms with van der Waals surface area (Å²) < 4.78 is 37.6. The van der Waals surface area contributed by atoms with Gasteiger partial charge in [-0.1, -0.05) is 11.6 Å². The minimum atomic E-state index is -4.07. The van der Waals surface area contributed by atoms with E-state index in [1.165, 1.54) is 0 Å². The first-order valence-electron chi connectivity index (χ1n) is 6.14. The number of alkyl halides is 3. The second kappa shape index (κ2) is 5.63. The number of piperidine rings is 1. The van der Waals surface area contributed by atoms with E-state index < -0.39 is 12.1 Å². The van der Waals surface area contributed by atoms with Crippen LogP contribution in [0.1, 0.15) is 24.4 Å². The van der Waals surface area contributed by atoms with Gasteiger partial charge in [0.15, 0.2) is 0 Å². The number of hydrogen-bond acceptors (Lipinski definition) is 3. The molecule has 0 atom stereocenters. The van der Waals surface area contributed by atoms with E-state index in [2.05, 4.69) is 9.97 Å². The number of rotatable bonds is 2. The van der Waals surface area contributed by atoms with Crippen LogP contribution in [0.2, 0.25) is 5.15 Å². The molecule has 1 saturated heterocycles. The van der Waals surface area contributed by atoms with E-state index in [0.717, 1.165) is 5.69 Å². The highest BCUT2D eigenvalue weighted by Gasteiger charge is 2.41. The molecule has 2 rings (SSSR count). The molecule has 0 radical (unpaired) electrons. The van der Waals surface area contributed by atoms with Gasteiger partial charge in [-0.2, -0.15) is 13.2 Å². The molecule has 2 heterocycles.